The Kier molecular flexibility index (Phi) is 3.84. The molecule has 108 valence electrons. The lowest BCUT2D eigenvalue weighted by Crippen LogP contribution is -2.03. The van der Waals surface area contributed by atoms with Crippen molar-refractivity contribution < 1.29 is 0 Å². The first-order valence-corrected chi connectivity index (χ1v) is 6.95. The van der Waals surface area contributed by atoms with Crippen molar-refractivity contribution in [2.45, 2.75) is 6.54 Å². The van der Waals surface area contributed by atoms with E-state index in [0.717, 1.165) is 16.8 Å². The molecule has 0 fully saturated rings. The zero-order valence-electron chi connectivity index (χ0n) is 12.2. The van der Waals surface area contributed by atoms with Gasteiger partial charge in [0.1, 0.15) is 11.9 Å². The van der Waals surface area contributed by atoms with E-state index in [-0.39, 0.29) is 0 Å². The maximum atomic E-state index is 9.11. The number of nitrogens with one attached hydrogen (secondary N) is 1. The second-order valence-electron chi connectivity index (χ2n) is 4.91. The molecule has 0 aliphatic heterocycles. The van der Waals surface area contributed by atoms with Gasteiger partial charge >= 0.3 is 0 Å². The van der Waals surface area contributed by atoms with Crippen LogP contribution in [0.15, 0.2) is 54.9 Å². The van der Waals surface area contributed by atoms with Crippen LogP contribution >= 0.6 is 0 Å². The third-order valence-electron chi connectivity index (χ3n) is 3.33. The largest absolute Gasteiger partial charge is 0.365 e. The van der Waals surface area contributed by atoms with Gasteiger partial charge < -0.3 is 5.32 Å². The van der Waals surface area contributed by atoms with Gasteiger partial charge in [0.25, 0.3) is 0 Å². The van der Waals surface area contributed by atoms with E-state index >= 15 is 0 Å². The first-order valence-electron chi connectivity index (χ1n) is 6.95. The molecule has 5 nitrogen and oxygen atoms in total. The van der Waals surface area contributed by atoms with Crippen molar-refractivity contribution >= 4 is 5.82 Å². The Labute approximate surface area is 128 Å². The summed E-state index contributed by atoms with van der Waals surface area (Å²) in [5.74, 6) is 0.591. The first kappa shape index (κ1) is 13.8. The third kappa shape index (κ3) is 2.81. The van der Waals surface area contributed by atoms with E-state index in [2.05, 4.69) is 21.5 Å². The number of benzene rings is 1. The zero-order valence-corrected chi connectivity index (χ0v) is 12.2. The molecule has 0 saturated carbocycles. The highest BCUT2D eigenvalue weighted by Crippen LogP contribution is 2.22. The summed E-state index contributed by atoms with van der Waals surface area (Å²) in [6.45, 7) is 0.559. The summed E-state index contributed by atoms with van der Waals surface area (Å²) in [6, 6.07) is 15.7. The van der Waals surface area contributed by atoms with Crippen LogP contribution in [0.3, 0.4) is 0 Å². The average molecular weight is 289 g/mol. The molecule has 0 aliphatic carbocycles. The van der Waals surface area contributed by atoms with Gasteiger partial charge in [-0.3, -0.25) is 4.68 Å². The normalized spacial score (nSPS) is 10.2. The van der Waals surface area contributed by atoms with Gasteiger partial charge in [-0.2, -0.15) is 10.4 Å². The maximum Gasteiger partial charge on any atom is 0.144 e. The lowest BCUT2D eigenvalue weighted by Gasteiger charge is -2.07. The summed E-state index contributed by atoms with van der Waals surface area (Å²) in [4.78, 5) is 4.21. The average Bonchev–Trinajstić information content (AvgIpc) is 2.95. The standard InChI is InChI=1S/C17H15N5/c1-22-12-15(16(21-22)13-6-3-2-4-7-13)11-20-17-14(10-18)8-5-9-19-17/h2-9,12H,11H2,1H3,(H,19,20). The molecular formula is C17H15N5. The highest BCUT2D eigenvalue weighted by Gasteiger charge is 2.10. The quantitative estimate of drug-likeness (QED) is 0.802. The van der Waals surface area contributed by atoms with Gasteiger partial charge in [0.05, 0.1) is 11.3 Å². The molecule has 3 rings (SSSR count). The lowest BCUT2D eigenvalue weighted by molar-refractivity contribution is 0.770. The molecule has 0 spiro atoms. The molecule has 0 bridgehead atoms. The van der Waals surface area contributed by atoms with Crippen LogP contribution in [0.4, 0.5) is 5.82 Å². The van der Waals surface area contributed by atoms with E-state index in [1.54, 1.807) is 23.0 Å². The van der Waals surface area contributed by atoms with Gasteiger partial charge in [0.15, 0.2) is 0 Å². The Morgan fingerprint density at radius 1 is 1.18 bits per heavy atom. The van der Waals surface area contributed by atoms with E-state index < -0.39 is 0 Å². The van der Waals surface area contributed by atoms with Gasteiger partial charge in [-0.05, 0) is 12.1 Å². The van der Waals surface area contributed by atoms with Crippen molar-refractivity contribution in [3.8, 4) is 17.3 Å². The molecule has 3 aromatic rings. The molecule has 2 heterocycles. The Hall–Kier alpha value is -3.13. The SMILES string of the molecule is Cn1cc(CNc2ncccc2C#N)c(-c2ccccc2)n1. The minimum Gasteiger partial charge on any atom is -0.365 e. The second-order valence-corrected chi connectivity index (χ2v) is 4.91. The molecule has 5 heteroatoms. The summed E-state index contributed by atoms with van der Waals surface area (Å²) < 4.78 is 1.79. The Bertz CT molecular complexity index is 815. The van der Waals surface area contributed by atoms with Crippen LogP contribution in [0, 0.1) is 11.3 Å². The number of nitriles is 1. The molecule has 0 amide bonds. The van der Waals surface area contributed by atoms with E-state index in [9.17, 15) is 0 Å². The minimum atomic E-state index is 0.535. The predicted octanol–water partition coefficient (Wildman–Crippen LogP) is 2.97. The topological polar surface area (TPSA) is 66.5 Å². The first-order chi connectivity index (χ1) is 10.8. The second kappa shape index (κ2) is 6.10. The third-order valence-corrected chi connectivity index (χ3v) is 3.33. The number of hydrogen-bond donors (Lipinski definition) is 1. The van der Waals surface area contributed by atoms with Crippen LogP contribution in [0.5, 0.6) is 0 Å². The van der Waals surface area contributed by atoms with Crippen molar-refractivity contribution in [1.29, 1.82) is 5.26 Å². The van der Waals surface area contributed by atoms with Crippen molar-refractivity contribution in [2.24, 2.45) is 7.05 Å². The lowest BCUT2D eigenvalue weighted by atomic mass is 10.1. The predicted molar refractivity (Wildman–Crippen MR) is 84.9 cm³/mol. The highest BCUT2D eigenvalue weighted by molar-refractivity contribution is 5.63. The molecule has 0 unspecified atom stereocenters. The summed E-state index contributed by atoms with van der Waals surface area (Å²) in [7, 11) is 1.90. The number of anilines is 1. The van der Waals surface area contributed by atoms with E-state index in [0.29, 0.717) is 17.9 Å². The summed E-state index contributed by atoms with van der Waals surface area (Å²) in [5.41, 5.74) is 3.60. The Morgan fingerprint density at radius 2 is 2.00 bits per heavy atom. The number of pyridine rings is 1. The van der Waals surface area contributed by atoms with Gasteiger partial charge in [-0.15, -0.1) is 0 Å². The fourth-order valence-electron chi connectivity index (χ4n) is 2.32. The molecule has 0 saturated heterocycles. The van der Waals surface area contributed by atoms with Crippen LogP contribution in [0.1, 0.15) is 11.1 Å². The maximum absolute atomic E-state index is 9.11. The van der Waals surface area contributed by atoms with Gasteiger partial charge in [0.2, 0.25) is 0 Å². The summed E-state index contributed by atoms with van der Waals surface area (Å²) in [6.07, 6.45) is 3.65. The summed E-state index contributed by atoms with van der Waals surface area (Å²) >= 11 is 0. The minimum absolute atomic E-state index is 0.535. The van der Waals surface area contributed by atoms with Crippen LogP contribution in [-0.4, -0.2) is 14.8 Å². The van der Waals surface area contributed by atoms with Crippen molar-refractivity contribution in [2.75, 3.05) is 5.32 Å². The number of aromatic nitrogens is 3. The molecule has 22 heavy (non-hydrogen) atoms. The van der Waals surface area contributed by atoms with Crippen molar-refractivity contribution in [1.82, 2.24) is 14.8 Å². The van der Waals surface area contributed by atoms with Crippen LogP contribution in [-0.2, 0) is 13.6 Å². The molecule has 1 N–H and O–H groups in total. The highest BCUT2D eigenvalue weighted by atomic mass is 15.3. The zero-order chi connectivity index (χ0) is 15.4. The van der Waals surface area contributed by atoms with Crippen LogP contribution < -0.4 is 5.32 Å². The number of nitrogens with zero attached hydrogens (tertiary/aromatic N) is 4. The smallest absolute Gasteiger partial charge is 0.144 e. The van der Waals surface area contributed by atoms with Crippen molar-refractivity contribution in [3.63, 3.8) is 0 Å². The van der Waals surface area contributed by atoms with Crippen LogP contribution in [0.25, 0.3) is 11.3 Å². The van der Waals surface area contributed by atoms with E-state index in [4.69, 9.17) is 5.26 Å². The Balaban J connectivity index is 1.86. The van der Waals surface area contributed by atoms with Gasteiger partial charge in [-0.1, -0.05) is 30.3 Å². The fourth-order valence-corrected chi connectivity index (χ4v) is 2.32. The molecular weight excluding hydrogens is 274 g/mol. The molecule has 0 atom stereocenters. The molecule has 0 radical (unpaired) electrons. The number of aryl methyl sites for hydroxylation is 1. The van der Waals surface area contributed by atoms with E-state index in [1.165, 1.54) is 0 Å². The van der Waals surface area contributed by atoms with E-state index in [1.807, 2.05) is 43.6 Å². The summed E-state index contributed by atoms with van der Waals surface area (Å²) in [5, 5.41) is 16.8. The molecule has 0 aliphatic rings. The van der Waals surface area contributed by atoms with Gasteiger partial charge in [-0.25, -0.2) is 4.98 Å². The molecule has 1 aromatic carbocycles. The monoisotopic (exact) mass is 289 g/mol. The van der Waals surface area contributed by atoms with Gasteiger partial charge in [0, 0.05) is 37.1 Å². The van der Waals surface area contributed by atoms with Crippen LogP contribution in [0.2, 0.25) is 0 Å². The number of hydrogen-bond acceptors (Lipinski definition) is 4. The van der Waals surface area contributed by atoms with Crippen molar-refractivity contribution in [3.05, 3.63) is 66.0 Å². The Morgan fingerprint density at radius 3 is 2.77 bits per heavy atom. The molecule has 2 aromatic heterocycles. The fraction of sp³-hybridized carbons (Fsp3) is 0.118. The number of rotatable bonds is 4.